The van der Waals surface area contributed by atoms with Crippen LogP contribution in [0.15, 0.2) is 18.3 Å². The second kappa shape index (κ2) is 4.80. The van der Waals surface area contributed by atoms with Gasteiger partial charge in [0.25, 0.3) is 0 Å². The van der Waals surface area contributed by atoms with E-state index in [1.54, 1.807) is 0 Å². The molecule has 2 heterocycles. The van der Waals surface area contributed by atoms with E-state index in [4.69, 9.17) is 4.74 Å². The molecule has 1 saturated heterocycles. The molecule has 1 aliphatic rings. The summed E-state index contributed by atoms with van der Waals surface area (Å²) in [6.07, 6.45) is -3.06. The van der Waals surface area contributed by atoms with Crippen LogP contribution in [0, 0.1) is 0 Å². The van der Waals surface area contributed by atoms with Crippen LogP contribution in [0.25, 0.3) is 0 Å². The molecule has 0 radical (unpaired) electrons. The van der Waals surface area contributed by atoms with E-state index in [1.807, 2.05) is 0 Å². The number of hydrogen-bond acceptors (Lipinski definition) is 3. The molecule has 0 spiro atoms. The summed E-state index contributed by atoms with van der Waals surface area (Å²) in [7, 11) is 0. The highest BCUT2D eigenvalue weighted by atomic mass is 19.4. The first kappa shape index (κ1) is 13.8. The summed E-state index contributed by atoms with van der Waals surface area (Å²) in [5.74, 6) is -1.06. The Hall–Kier alpha value is -1.63. The molecule has 1 aliphatic heterocycles. The zero-order valence-electron chi connectivity index (χ0n) is 9.91. The summed E-state index contributed by atoms with van der Waals surface area (Å²) in [6.45, 7) is 0.542. The lowest BCUT2D eigenvalue weighted by atomic mass is 9.75. The van der Waals surface area contributed by atoms with E-state index < -0.39 is 23.3 Å². The topological polar surface area (TPSA) is 59.4 Å². The molecule has 4 nitrogen and oxygen atoms in total. The number of halogens is 3. The van der Waals surface area contributed by atoms with Gasteiger partial charge in [-0.05, 0) is 24.5 Å². The summed E-state index contributed by atoms with van der Waals surface area (Å²) in [4.78, 5) is 14.8. The molecule has 1 aromatic heterocycles. The van der Waals surface area contributed by atoms with Gasteiger partial charge < -0.3 is 9.84 Å². The van der Waals surface area contributed by atoms with Gasteiger partial charge in [0.15, 0.2) is 0 Å². The van der Waals surface area contributed by atoms with Crippen LogP contribution in [-0.2, 0) is 21.1 Å². The van der Waals surface area contributed by atoms with Crippen LogP contribution < -0.4 is 0 Å². The summed E-state index contributed by atoms with van der Waals surface area (Å²) in [5.41, 5.74) is -1.94. The number of aromatic nitrogens is 1. The maximum Gasteiger partial charge on any atom is 0.433 e. The number of aliphatic carboxylic acids is 1. The smallest absolute Gasteiger partial charge is 0.433 e. The lowest BCUT2D eigenvalue weighted by Crippen LogP contribution is -2.41. The molecule has 1 fully saturated rings. The third kappa shape index (κ3) is 2.56. The molecule has 0 atom stereocenters. The summed E-state index contributed by atoms with van der Waals surface area (Å²) in [6, 6.07) is 2.00. The van der Waals surface area contributed by atoms with Crippen LogP contribution in [0.2, 0.25) is 0 Å². The number of nitrogens with zero attached hydrogens (tertiary/aromatic N) is 1. The molecule has 1 N–H and O–H groups in total. The van der Waals surface area contributed by atoms with E-state index in [1.165, 1.54) is 6.07 Å². The van der Waals surface area contributed by atoms with Crippen LogP contribution in [0.1, 0.15) is 24.1 Å². The highest BCUT2D eigenvalue weighted by Gasteiger charge is 2.42. The zero-order valence-corrected chi connectivity index (χ0v) is 9.91. The van der Waals surface area contributed by atoms with Crippen molar-refractivity contribution in [2.45, 2.75) is 24.4 Å². The number of carboxylic acids is 1. The summed E-state index contributed by atoms with van der Waals surface area (Å²) < 4.78 is 42.4. The third-order valence-electron chi connectivity index (χ3n) is 3.36. The fourth-order valence-electron chi connectivity index (χ4n) is 2.19. The van der Waals surface area contributed by atoms with Crippen molar-refractivity contribution >= 4 is 5.97 Å². The quantitative estimate of drug-likeness (QED) is 0.899. The average Bonchev–Trinajstić information content (AvgIpc) is 2.38. The maximum atomic E-state index is 12.4. The number of carboxylic acid groups (broad SMARTS) is 1. The lowest BCUT2D eigenvalue weighted by Gasteiger charge is -2.33. The number of ether oxygens (including phenoxy) is 1. The second-order valence-corrected chi connectivity index (χ2v) is 4.43. The van der Waals surface area contributed by atoms with E-state index in [0.29, 0.717) is 0 Å². The van der Waals surface area contributed by atoms with Gasteiger partial charge in [0.2, 0.25) is 0 Å². The van der Waals surface area contributed by atoms with Gasteiger partial charge in [-0.15, -0.1) is 0 Å². The molecule has 7 heteroatoms. The number of rotatable bonds is 2. The lowest BCUT2D eigenvalue weighted by molar-refractivity contribution is -0.147. The molecule has 0 aromatic carbocycles. The minimum Gasteiger partial charge on any atom is -0.481 e. The van der Waals surface area contributed by atoms with Crippen molar-refractivity contribution in [2.75, 3.05) is 13.2 Å². The Balaban J connectivity index is 2.36. The molecule has 0 saturated carbocycles. The SMILES string of the molecule is O=C(O)C1(c2ccc(C(F)(F)F)nc2)CCOCC1. The highest BCUT2D eigenvalue weighted by molar-refractivity contribution is 5.81. The van der Waals surface area contributed by atoms with Crippen LogP contribution >= 0.6 is 0 Å². The summed E-state index contributed by atoms with van der Waals surface area (Å²) >= 11 is 0. The predicted octanol–water partition coefficient (Wildman–Crippen LogP) is 2.23. The summed E-state index contributed by atoms with van der Waals surface area (Å²) in [5, 5.41) is 9.37. The normalized spacial score (nSPS) is 19.1. The Kier molecular flexibility index (Phi) is 3.49. The third-order valence-corrected chi connectivity index (χ3v) is 3.36. The van der Waals surface area contributed by atoms with Crippen molar-refractivity contribution in [3.63, 3.8) is 0 Å². The van der Waals surface area contributed by atoms with E-state index in [-0.39, 0.29) is 31.6 Å². The molecule has 0 aliphatic carbocycles. The monoisotopic (exact) mass is 275 g/mol. The highest BCUT2D eigenvalue weighted by Crippen LogP contribution is 2.36. The standard InChI is InChI=1S/C12H12F3NO3/c13-12(14,15)9-2-1-8(7-16-9)11(10(17)18)3-5-19-6-4-11/h1-2,7H,3-6H2,(H,17,18). The van der Waals surface area contributed by atoms with Gasteiger partial charge in [-0.2, -0.15) is 13.2 Å². The molecule has 2 rings (SSSR count). The Bertz CT molecular complexity index is 464. The average molecular weight is 275 g/mol. The molecule has 0 amide bonds. The largest absolute Gasteiger partial charge is 0.481 e. The van der Waals surface area contributed by atoms with Gasteiger partial charge >= 0.3 is 12.1 Å². The van der Waals surface area contributed by atoms with Crippen molar-refractivity contribution in [1.29, 1.82) is 0 Å². The first-order valence-electron chi connectivity index (χ1n) is 5.71. The van der Waals surface area contributed by atoms with Crippen molar-refractivity contribution in [3.05, 3.63) is 29.6 Å². The molecule has 19 heavy (non-hydrogen) atoms. The van der Waals surface area contributed by atoms with E-state index in [9.17, 15) is 23.1 Å². The van der Waals surface area contributed by atoms with Crippen molar-refractivity contribution in [1.82, 2.24) is 4.98 Å². The van der Waals surface area contributed by atoms with Crippen LogP contribution in [-0.4, -0.2) is 29.3 Å². The maximum absolute atomic E-state index is 12.4. The Morgan fingerprint density at radius 1 is 1.32 bits per heavy atom. The predicted molar refractivity (Wildman–Crippen MR) is 58.6 cm³/mol. The van der Waals surface area contributed by atoms with Crippen LogP contribution in [0.4, 0.5) is 13.2 Å². The Morgan fingerprint density at radius 2 is 1.95 bits per heavy atom. The Morgan fingerprint density at radius 3 is 2.37 bits per heavy atom. The molecule has 0 unspecified atom stereocenters. The molecular formula is C12H12F3NO3. The first-order valence-corrected chi connectivity index (χ1v) is 5.71. The van der Waals surface area contributed by atoms with Crippen molar-refractivity contribution in [3.8, 4) is 0 Å². The van der Waals surface area contributed by atoms with Gasteiger partial charge in [-0.3, -0.25) is 9.78 Å². The number of hydrogen-bond donors (Lipinski definition) is 1. The van der Waals surface area contributed by atoms with Gasteiger partial charge in [0.1, 0.15) is 5.69 Å². The zero-order chi connectivity index (χ0) is 14.1. The van der Waals surface area contributed by atoms with Gasteiger partial charge in [0, 0.05) is 19.4 Å². The van der Waals surface area contributed by atoms with E-state index in [2.05, 4.69) is 4.98 Å². The van der Waals surface area contributed by atoms with Crippen LogP contribution in [0.5, 0.6) is 0 Å². The molecule has 104 valence electrons. The fraction of sp³-hybridized carbons (Fsp3) is 0.500. The van der Waals surface area contributed by atoms with Crippen LogP contribution in [0.3, 0.4) is 0 Å². The number of alkyl halides is 3. The fourth-order valence-corrected chi connectivity index (χ4v) is 2.19. The number of pyridine rings is 1. The van der Waals surface area contributed by atoms with E-state index >= 15 is 0 Å². The Labute approximate surface area is 107 Å². The minimum absolute atomic E-state index is 0.232. The van der Waals surface area contributed by atoms with Crippen molar-refractivity contribution < 1.29 is 27.8 Å². The molecular weight excluding hydrogens is 263 g/mol. The first-order chi connectivity index (χ1) is 8.86. The minimum atomic E-state index is -4.52. The van der Waals surface area contributed by atoms with Gasteiger partial charge in [0.05, 0.1) is 5.41 Å². The van der Waals surface area contributed by atoms with Gasteiger partial charge in [-0.1, -0.05) is 6.07 Å². The molecule has 1 aromatic rings. The van der Waals surface area contributed by atoms with E-state index in [0.717, 1.165) is 12.3 Å². The second-order valence-electron chi connectivity index (χ2n) is 4.43. The molecule has 0 bridgehead atoms. The van der Waals surface area contributed by atoms with Gasteiger partial charge in [-0.25, -0.2) is 0 Å². The van der Waals surface area contributed by atoms with Crippen molar-refractivity contribution in [2.24, 2.45) is 0 Å². The number of carbonyl (C=O) groups is 1.